The van der Waals surface area contributed by atoms with E-state index in [9.17, 15) is 19.1 Å². The lowest BCUT2D eigenvalue weighted by Crippen LogP contribution is -2.35. The zero-order valence-electron chi connectivity index (χ0n) is 17.2. The first-order valence-electron chi connectivity index (χ1n) is 9.32. The number of likely N-dealkylation sites (N-methyl/N-ethyl adjacent to an activating group) is 1. The highest BCUT2D eigenvalue weighted by Gasteiger charge is 2.46. The molecule has 154 valence electrons. The molecule has 1 saturated heterocycles. The molecule has 2 aromatic rings. The number of hydrogen-bond donors (Lipinski definition) is 1. The molecule has 1 amide bonds. The zero-order valence-corrected chi connectivity index (χ0v) is 17.2. The van der Waals surface area contributed by atoms with E-state index in [0.29, 0.717) is 35.6 Å². The van der Waals surface area contributed by atoms with Crippen LogP contribution in [0, 0.1) is 19.7 Å². The minimum absolute atomic E-state index is 0.000403. The molecule has 1 aliphatic heterocycles. The second-order valence-corrected chi connectivity index (χ2v) is 7.52. The Morgan fingerprint density at radius 1 is 1.21 bits per heavy atom. The van der Waals surface area contributed by atoms with Crippen LogP contribution in [0.3, 0.4) is 0 Å². The third kappa shape index (κ3) is 3.67. The van der Waals surface area contributed by atoms with Crippen LogP contribution in [0.1, 0.15) is 28.6 Å². The highest BCUT2D eigenvalue weighted by atomic mass is 19.1. The molecule has 0 bridgehead atoms. The highest BCUT2D eigenvalue weighted by Crippen LogP contribution is 2.40. The van der Waals surface area contributed by atoms with E-state index in [2.05, 4.69) is 5.10 Å². The van der Waals surface area contributed by atoms with Crippen molar-refractivity contribution in [2.75, 3.05) is 27.2 Å². The SMILES string of the molecule is Cc1nn(C)c(C)c1/C(O)=C1\C(=O)C(=O)N(CCN(C)C)[C@@H]1c1ccc(F)cc1. The zero-order chi connectivity index (χ0) is 21.5. The minimum Gasteiger partial charge on any atom is -0.507 e. The summed E-state index contributed by atoms with van der Waals surface area (Å²) < 4.78 is 15.1. The van der Waals surface area contributed by atoms with E-state index < -0.39 is 23.5 Å². The summed E-state index contributed by atoms with van der Waals surface area (Å²) in [5.41, 5.74) is 2.23. The number of hydrogen-bond acceptors (Lipinski definition) is 5. The number of likely N-dealkylation sites (tertiary alicyclic amines) is 1. The summed E-state index contributed by atoms with van der Waals surface area (Å²) in [6.45, 7) is 4.35. The van der Waals surface area contributed by atoms with Gasteiger partial charge in [-0.1, -0.05) is 12.1 Å². The van der Waals surface area contributed by atoms with Gasteiger partial charge in [-0.15, -0.1) is 0 Å². The number of benzene rings is 1. The Morgan fingerprint density at radius 2 is 1.83 bits per heavy atom. The molecule has 1 aromatic heterocycles. The van der Waals surface area contributed by atoms with E-state index in [1.807, 2.05) is 19.0 Å². The van der Waals surface area contributed by atoms with Crippen LogP contribution >= 0.6 is 0 Å². The van der Waals surface area contributed by atoms with Gasteiger partial charge in [-0.25, -0.2) is 4.39 Å². The van der Waals surface area contributed by atoms with Crippen molar-refractivity contribution in [3.63, 3.8) is 0 Å². The number of ketones is 1. The van der Waals surface area contributed by atoms with Crippen molar-refractivity contribution in [3.8, 4) is 0 Å². The summed E-state index contributed by atoms with van der Waals surface area (Å²) in [6.07, 6.45) is 0. The van der Waals surface area contributed by atoms with Gasteiger partial charge in [0, 0.05) is 25.8 Å². The molecule has 3 rings (SSSR count). The van der Waals surface area contributed by atoms with Gasteiger partial charge in [-0.3, -0.25) is 14.3 Å². The Labute approximate surface area is 169 Å². The molecule has 0 radical (unpaired) electrons. The van der Waals surface area contributed by atoms with Crippen molar-refractivity contribution in [1.29, 1.82) is 0 Å². The second-order valence-electron chi connectivity index (χ2n) is 7.52. The fourth-order valence-electron chi connectivity index (χ4n) is 3.66. The van der Waals surface area contributed by atoms with Gasteiger partial charge in [0.1, 0.15) is 11.6 Å². The second kappa shape index (κ2) is 7.79. The Morgan fingerprint density at radius 3 is 2.34 bits per heavy atom. The molecular weight excluding hydrogens is 375 g/mol. The molecule has 7 nitrogen and oxygen atoms in total. The Hall–Kier alpha value is -3.00. The predicted molar refractivity (Wildman–Crippen MR) is 107 cm³/mol. The molecule has 0 spiro atoms. The van der Waals surface area contributed by atoms with Crippen molar-refractivity contribution in [1.82, 2.24) is 19.6 Å². The smallest absolute Gasteiger partial charge is 0.295 e. The summed E-state index contributed by atoms with van der Waals surface area (Å²) in [4.78, 5) is 29.1. The molecule has 29 heavy (non-hydrogen) atoms. The molecule has 8 heteroatoms. The fourth-order valence-corrected chi connectivity index (χ4v) is 3.66. The molecule has 0 saturated carbocycles. The monoisotopic (exact) mass is 400 g/mol. The van der Waals surface area contributed by atoms with Gasteiger partial charge in [0.05, 0.1) is 22.9 Å². The van der Waals surface area contributed by atoms with E-state index in [0.717, 1.165) is 0 Å². The summed E-state index contributed by atoms with van der Waals surface area (Å²) >= 11 is 0. The van der Waals surface area contributed by atoms with Gasteiger partial charge in [-0.05, 0) is 45.6 Å². The lowest BCUT2D eigenvalue weighted by atomic mass is 9.94. The van der Waals surface area contributed by atoms with Crippen LogP contribution in [-0.2, 0) is 16.6 Å². The topological polar surface area (TPSA) is 78.7 Å². The van der Waals surface area contributed by atoms with Gasteiger partial charge in [0.2, 0.25) is 0 Å². The summed E-state index contributed by atoms with van der Waals surface area (Å²) in [7, 11) is 5.48. The molecule has 1 N–H and O–H groups in total. The third-order valence-electron chi connectivity index (χ3n) is 5.26. The van der Waals surface area contributed by atoms with Crippen molar-refractivity contribution < 1.29 is 19.1 Å². The lowest BCUT2D eigenvalue weighted by molar-refractivity contribution is -0.140. The molecule has 0 unspecified atom stereocenters. The number of carbonyl (C=O) groups is 2. The van der Waals surface area contributed by atoms with Crippen molar-refractivity contribution in [3.05, 3.63) is 58.2 Å². The molecular formula is C21H25FN4O3. The number of amides is 1. The van der Waals surface area contributed by atoms with Crippen LogP contribution in [0.4, 0.5) is 4.39 Å². The Kier molecular flexibility index (Phi) is 5.57. The third-order valence-corrected chi connectivity index (χ3v) is 5.26. The van der Waals surface area contributed by atoms with Crippen LogP contribution in [-0.4, -0.2) is 63.6 Å². The van der Waals surface area contributed by atoms with Gasteiger partial charge >= 0.3 is 0 Å². The van der Waals surface area contributed by atoms with E-state index in [1.54, 1.807) is 25.6 Å². The fraction of sp³-hybridized carbons (Fsp3) is 0.381. The standard InChI is InChI=1S/C21H25FN4O3/c1-12-16(13(2)25(5)23-12)19(27)17-18(14-6-8-15(22)9-7-14)26(11-10-24(3)4)21(29)20(17)28/h6-9,18,27H,10-11H2,1-5H3/b19-17+/t18-/m1/s1. The molecule has 1 aliphatic rings. The van der Waals surface area contributed by atoms with Crippen molar-refractivity contribution >= 4 is 17.4 Å². The lowest BCUT2D eigenvalue weighted by Gasteiger charge is -2.26. The van der Waals surface area contributed by atoms with Crippen LogP contribution in [0.25, 0.3) is 5.76 Å². The first-order valence-corrected chi connectivity index (χ1v) is 9.32. The molecule has 1 atom stereocenters. The van der Waals surface area contributed by atoms with Crippen LogP contribution in [0.5, 0.6) is 0 Å². The van der Waals surface area contributed by atoms with Crippen molar-refractivity contribution in [2.24, 2.45) is 7.05 Å². The first kappa shape index (κ1) is 20.7. The number of aliphatic hydroxyl groups is 1. The number of aromatic nitrogens is 2. The molecule has 0 aliphatic carbocycles. The molecule has 2 heterocycles. The molecule has 1 fully saturated rings. The predicted octanol–water partition coefficient (Wildman–Crippen LogP) is 2.16. The van der Waals surface area contributed by atoms with Crippen LogP contribution in [0.15, 0.2) is 29.8 Å². The summed E-state index contributed by atoms with van der Waals surface area (Å²) in [6, 6.07) is 4.83. The largest absolute Gasteiger partial charge is 0.507 e. The number of carbonyl (C=O) groups excluding carboxylic acids is 2. The first-order chi connectivity index (χ1) is 13.6. The number of rotatable bonds is 5. The molecule has 1 aromatic carbocycles. The van der Waals surface area contributed by atoms with Gasteiger partial charge in [0.15, 0.2) is 0 Å². The summed E-state index contributed by atoms with van der Waals surface area (Å²) in [5.74, 6) is -2.11. The van der Waals surface area contributed by atoms with E-state index in [1.165, 1.54) is 29.2 Å². The average molecular weight is 400 g/mol. The van der Waals surface area contributed by atoms with E-state index in [4.69, 9.17) is 0 Å². The maximum Gasteiger partial charge on any atom is 0.295 e. The maximum absolute atomic E-state index is 13.5. The van der Waals surface area contributed by atoms with E-state index >= 15 is 0 Å². The van der Waals surface area contributed by atoms with Crippen LogP contribution < -0.4 is 0 Å². The van der Waals surface area contributed by atoms with E-state index in [-0.39, 0.29) is 11.3 Å². The number of halogens is 1. The number of aryl methyl sites for hydroxylation is 2. The quantitative estimate of drug-likeness (QED) is 0.473. The average Bonchev–Trinajstić information content (AvgIpc) is 3.06. The minimum atomic E-state index is -0.797. The number of nitrogens with zero attached hydrogens (tertiary/aromatic N) is 4. The normalized spacial score (nSPS) is 18.9. The highest BCUT2D eigenvalue weighted by molar-refractivity contribution is 6.46. The van der Waals surface area contributed by atoms with Crippen molar-refractivity contribution in [2.45, 2.75) is 19.9 Å². The van der Waals surface area contributed by atoms with Crippen LogP contribution in [0.2, 0.25) is 0 Å². The number of aliphatic hydroxyl groups excluding tert-OH is 1. The Balaban J connectivity index is 2.20. The maximum atomic E-state index is 13.5. The Bertz CT molecular complexity index is 992. The van der Waals surface area contributed by atoms with Gasteiger partial charge in [0.25, 0.3) is 11.7 Å². The number of Topliss-reactive ketones (excluding diaryl/α,β-unsaturated/α-hetero) is 1. The summed E-state index contributed by atoms with van der Waals surface area (Å²) in [5, 5.41) is 15.4. The van der Waals surface area contributed by atoms with Gasteiger partial charge in [-0.2, -0.15) is 5.10 Å². The van der Waals surface area contributed by atoms with Gasteiger partial charge < -0.3 is 14.9 Å².